The summed E-state index contributed by atoms with van der Waals surface area (Å²) in [7, 11) is 0. The minimum Gasteiger partial charge on any atom is -0.313 e. The van der Waals surface area contributed by atoms with Crippen LogP contribution >= 0.6 is 11.7 Å². The van der Waals surface area contributed by atoms with Crippen molar-refractivity contribution in [1.82, 2.24) is 28.3 Å². The lowest BCUT2D eigenvalue weighted by Gasteiger charge is -2.16. The van der Waals surface area contributed by atoms with Crippen LogP contribution in [0.25, 0.3) is 94.6 Å². The van der Waals surface area contributed by atoms with Crippen LogP contribution in [0, 0.1) is 12.3 Å². The van der Waals surface area contributed by atoms with Crippen molar-refractivity contribution in [2.75, 3.05) is 0 Å². The van der Waals surface area contributed by atoms with Gasteiger partial charge in [0.2, 0.25) is 5.95 Å². The first kappa shape index (κ1) is 31.8. The van der Waals surface area contributed by atoms with Crippen molar-refractivity contribution >= 4 is 61.6 Å². The van der Waals surface area contributed by atoms with E-state index in [1.54, 1.807) is 0 Å². The molecule has 0 aliphatic rings. The van der Waals surface area contributed by atoms with Gasteiger partial charge in [0.05, 0.1) is 22.8 Å². The van der Waals surface area contributed by atoms with Gasteiger partial charge >= 0.3 is 0 Å². The Balaban J connectivity index is 1.26. The Morgan fingerprint density at radius 3 is 2.17 bits per heavy atom. The first-order valence-corrected chi connectivity index (χ1v) is 18.6. The van der Waals surface area contributed by atoms with Crippen molar-refractivity contribution in [2.45, 2.75) is 13.3 Å². The maximum atomic E-state index is 7.83. The molecule has 3 heterocycles. The molecular formula is C46H31N7S. The zero-order valence-electron chi connectivity index (χ0n) is 29.2. The molecule has 0 atom stereocenters. The van der Waals surface area contributed by atoms with Gasteiger partial charge in [-0.1, -0.05) is 127 Å². The van der Waals surface area contributed by atoms with Crippen molar-refractivity contribution in [1.29, 1.82) is 5.41 Å². The number of aromatic nitrogens is 6. The van der Waals surface area contributed by atoms with E-state index in [1.807, 2.05) is 42.5 Å². The Morgan fingerprint density at radius 1 is 0.593 bits per heavy atom. The van der Waals surface area contributed by atoms with E-state index in [1.165, 1.54) is 17.9 Å². The highest BCUT2D eigenvalue weighted by atomic mass is 32.1. The van der Waals surface area contributed by atoms with Crippen LogP contribution in [0.15, 0.2) is 146 Å². The van der Waals surface area contributed by atoms with E-state index in [0.717, 1.165) is 88.1 Å². The summed E-state index contributed by atoms with van der Waals surface area (Å²) in [6, 6.07) is 50.2. The highest BCUT2D eigenvalue weighted by Crippen LogP contribution is 2.43. The third-order valence-corrected chi connectivity index (χ3v) is 10.7. The van der Waals surface area contributed by atoms with Gasteiger partial charge in [0, 0.05) is 45.0 Å². The summed E-state index contributed by atoms with van der Waals surface area (Å²) in [6.45, 7) is 2.14. The van der Waals surface area contributed by atoms with Crippen LogP contribution in [0.4, 0.5) is 0 Å². The van der Waals surface area contributed by atoms with E-state index in [4.69, 9.17) is 29.1 Å². The third kappa shape index (κ3) is 5.18. The second-order valence-corrected chi connectivity index (χ2v) is 13.9. The van der Waals surface area contributed by atoms with E-state index in [2.05, 4.69) is 115 Å². The summed E-state index contributed by atoms with van der Waals surface area (Å²) >= 11 is 1.22. The number of hydrogen-bond donors (Lipinski definition) is 1. The van der Waals surface area contributed by atoms with Gasteiger partial charge in [-0.05, 0) is 58.8 Å². The monoisotopic (exact) mass is 713 g/mol. The van der Waals surface area contributed by atoms with Crippen LogP contribution in [0.2, 0.25) is 0 Å². The van der Waals surface area contributed by atoms with Gasteiger partial charge in [0.15, 0.2) is 11.6 Å². The maximum Gasteiger partial charge on any atom is 0.238 e. The summed E-state index contributed by atoms with van der Waals surface area (Å²) in [4.78, 5) is 15.5. The first-order chi connectivity index (χ1) is 26.7. The summed E-state index contributed by atoms with van der Waals surface area (Å²) in [5, 5.41) is 12.3. The first-order valence-electron chi connectivity index (χ1n) is 17.8. The predicted octanol–water partition coefficient (Wildman–Crippen LogP) is 11.3. The molecule has 7 aromatic carbocycles. The Hall–Kier alpha value is -6.90. The minimum atomic E-state index is 0.534. The second-order valence-electron chi connectivity index (χ2n) is 13.4. The van der Waals surface area contributed by atoms with Gasteiger partial charge in [-0.3, -0.25) is 4.57 Å². The highest BCUT2D eigenvalue weighted by molar-refractivity contribution is 7.00. The quantitative estimate of drug-likeness (QED) is 0.166. The van der Waals surface area contributed by atoms with Gasteiger partial charge in [0.1, 0.15) is 11.0 Å². The smallest absolute Gasteiger partial charge is 0.238 e. The number of benzene rings is 7. The number of para-hydroxylation sites is 2. The lowest BCUT2D eigenvalue weighted by Crippen LogP contribution is -2.07. The summed E-state index contributed by atoms with van der Waals surface area (Å²) < 4.78 is 12.0. The fourth-order valence-electron chi connectivity index (χ4n) is 7.75. The lowest BCUT2D eigenvalue weighted by atomic mass is 9.90. The molecule has 0 aliphatic heterocycles. The SMILES string of the molecule is Cc1cc(-c2cccc3c4ccccc4n(-c4nc(-c5ccccc5)nc(-c5ccc6ccccc6c5)n4)c23)c2nsnc2c1-c1ccccc1CC=N. The van der Waals surface area contributed by atoms with E-state index in [0.29, 0.717) is 24.0 Å². The molecule has 10 aromatic rings. The molecule has 8 heteroatoms. The second kappa shape index (κ2) is 12.9. The van der Waals surface area contributed by atoms with E-state index < -0.39 is 0 Å². The van der Waals surface area contributed by atoms with Gasteiger partial charge in [-0.25, -0.2) is 4.98 Å². The average molecular weight is 714 g/mol. The zero-order valence-corrected chi connectivity index (χ0v) is 30.0. The molecule has 54 heavy (non-hydrogen) atoms. The Kier molecular flexibility index (Phi) is 7.63. The number of hydrogen-bond acceptors (Lipinski definition) is 7. The summed E-state index contributed by atoms with van der Waals surface area (Å²) in [5.74, 6) is 1.73. The molecule has 0 saturated carbocycles. The maximum absolute atomic E-state index is 7.83. The topological polar surface area (TPSA) is 93.2 Å². The predicted molar refractivity (Wildman–Crippen MR) is 222 cm³/mol. The molecule has 0 bridgehead atoms. The molecule has 0 aliphatic carbocycles. The normalized spacial score (nSPS) is 11.6. The van der Waals surface area contributed by atoms with Gasteiger partial charge in [0.25, 0.3) is 0 Å². The molecule has 256 valence electrons. The number of rotatable bonds is 7. The van der Waals surface area contributed by atoms with Gasteiger partial charge < -0.3 is 5.41 Å². The number of fused-ring (bicyclic) bond motifs is 5. The molecule has 10 rings (SSSR count). The highest BCUT2D eigenvalue weighted by Gasteiger charge is 2.24. The van der Waals surface area contributed by atoms with Crippen molar-refractivity contribution in [2.24, 2.45) is 0 Å². The van der Waals surface area contributed by atoms with Crippen molar-refractivity contribution in [3.63, 3.8) is 0 Å². The summed E-state index contributed by atoms with van der Waals surface area (Å²) in [6.07, 6.45) is 2.00. The van der Waals surface area contributed by atoms with Crippen molar-refractivity contribution < 1.29 is 0 Å². The number of nitrogens with one attached hydrogen (secondary N) is 1. The molecule has 1 N–H and O–H groups in total. The standard InChI is InChI=1S/C46H31N7S/c1-28-26-38(41-42(52-54-51-41)40(28)34-17-8-7-13-30(34)24-25-47)37-20-11-19-36-35-18-9-10-21-39(35)53(43(36)37)46-49-44(31-14-3-2-4-15-31)48-45(50-46)33-23-22-29-12-5-6-16-32(29)27-33/h2-23,25-27,47H,24H2,1H3. The number of nitrogens with zero attached hydrogens (tertiary/aromatic N) is 6. The van der Waals surface area contributed by atoms with Gasteiger partial charge in [-0.2, -0.15) is 18.7 Å². The molecule has 3 aromatic heterocycles. The molecule has 0 radical (unpaired) electrons. The largest absolute Gasteiger partial charge is 0.313 e. The third-order valence-electron chi connectivity index (χ3n) is 10.2. The molecule has 0 saturated heterocycles. The minimum absolute atomic E-state index is 0.534. The summed E-state index contributed by atoms with van der Waals surface area (Å²) in [5.41, 5.74) is 11.8. The van der Waals surface area contributed by atoms with Crippen LogP contribution in [0.1, 0.15) is 11.1 Å². The number of aryl methyl sites for hydroxylation is 1. The van der Waals surface area contributed by atoms with Crippen molar-refractivity contribution in [3.05, 3.63) is 157 Å². The van der Waals surface area contributed by atoms with Gasteiger partial charge in [-0.15, -0.1) is 0 Å². The lowest BCUT2D eigenvalue weighted by molar-refractivity contribution is 0.954. The fraction of sp³-hybridized carbons (Fsp3) is 0.0435. The molecule has 7 nitrogen and oxygen atoms in total. The Morgan fingerprint density at radius 2 is 1.30 bits per heavy atom. The van der Waals surface area contributed by atoms with E-state index >= 15 is 0 Å². The van der Waals surface area contributed by atoms with Crippen LogP contribution in [0.3, 0.4) is 0 Å². The van der Waals surface area contributed by atoms with E-state index in [9.17, 15) is 0 Å². The Bertz CT molecular complexity index is 3070. The van der Waals surface area contributed by atoms with E-state index in [-0.39, 0.29) is 0 Å². The fourth-order valence-corrected chi connectivity index (χ4v) is 8.32. The zero-order chi connectivity index (χ0) is 36.2. The van der Waals surface area contributed by atoms with Crippen LogP contribution < -0.4 is 0 Å². The van der Waals surface area contributed by atoms with Crippen molar-refractivity contribution in [3.8, 4) is 51.0 Å². The molecule has 0 amide bonds. The average Bonchev–Trinajstić information content (AvgIpc) is 3.85. The molecule has 0 spiro atoms. The molecule has 0 unspecified atom stereocenters. The Labute approximate surface area is 315 Å². The van der Waals surface area contributed by atoms with Crippen LogP contribution in [-0.4, -0.2) is 34.5 Å². The van der Waals surface area contributed by atoms with Crippen LogP contribution in [-0.2, 0) is 6.42 Å². The molecule has 0 fully saturated rings. The molecular weight excluding hydrogens is 683 g/mol. The van der Waals surface area contributed by atoms with Crippen LogP contribution in [0.5, 0.6) is 0 Å².